The molecule has 1 fully saturated rings. The molecule has 0 spiro atoms. The number of H-pyrrole nitrogens is 1. The van der Waals surface area contributed by atoms with Crippen LogP contribution in [0.5, 0.6) is 0 Å². The summed E-state index contributed by atoms with van der Waals surface area (Å²) in [6.45, 7) is 1.73. The Hall–Kier alpha value is -1.45. The van der Waals surface area contributed by atoms with Gasteiger partial charge in [-0.25, -0.2) is 0 Å². The first kappa shape index (κ1) is 9.12. The fourth-order valence-electron chi connectivity index (χ4n) is 1.84. The summed E-state index contributed by atoms with van der Waals surface area (Å²) in [4.78, 5) is 16.6. The van der Waals surface area contributed by atoms with E-state index in [1.807, 2.05) is 4.90 Å². The lowest BCUT2D eigenvalue weighted by atomic mass is 10.1. The molecule has 1 saturated heterocycles. The molecule has 1 aromatic rings. The van der Waals surface area contributed by atoms with Gasteiger partial charge in [0.05, 0.1) is 5.56 Å². The van der Waals surface area contributed by atoms with Gasteiger partial charge in [0.25, 0.3) is 5.91 Å². The zero-order valence-corrected chi connectivity index (χ0v) is 8.12. The molecule has 0 aliphatic carbocycles. The molecule has 14 heavy (non-hydrogen) atoms. The molecule has 2 heterocycles. The van der Waals surface area contributed by atoms with Gasteiger partial charge >= 0.3 is 0 Å². The van der Waals surface area contributed by atoms with Crippen molar-refractivity contribution >= 4 is 11.7 Å². The second-order valence-corrected chi connectivity index (χ2v) is 3.66. The minimum atomic E-state index is 0.0588. The predicted octanol–water partition coefficient (Wildman–Crippen LogP) is 1.22. The van der Waals surface area contributed by atoms with Crippen LogP contribution in [-0.2, 0) is 0 Å². The molecular weight excluding hydrogens is 178 g/mol. The highest BCUT2D eigenvalue weighted by molar-refractivity contribution is 5.98. The van der Waals surface area contributed by atoms with Crippen LogP contribution in [0.25, 0.3) is 0 Å². The van der Waals surface area contributed by atoms with Gasteiger partial charge in [-0.2, -0.15) is 0 Å². The fraction of sp³-hybridized carbons (Fsp3) is 0.500. The van der Waals surface area contributed by atoms with Gasteiger partial charge in [0.15, 0.2) is 0 Å². The van der Waals surface area contributed by atoms with Crippen LogP contribution in [0, 0.1) is 0 Å². The standard InChI is InChI=1S/C10H15N3O/c11-9-8(4-5-12-9)10(14)13-6-2-1-3-7-13/h4-5,12H,1-3,6-7,11H2. The van der Waals surface area contributed by atoms with Crippen LogP contribution in [0.3, 0.4) is 0 Å². The van der Waals surface area contributed by atoms with E-state index in [1.165, 1.54) is 6.42 Å². The number of nitrogens with zero attached hydrogens (tertiary/aromatic N) is 1. The van der Waals surface area contributed by atoms with Crippen LogP contribution < -0.4 is 5.73 Å². The maximum atomic E-state index is 11.9. The number of aromatic nitrogens is 1. The zero-order chi connectivity index (χ0) is 9.97. The maximum absolute atomic E-state index is 11.9. The zero-order valence-electron chi connectivity index (χ0n) is 8.12. The van der Waals surface area contributed by atoms with E-state index in [0.717, 1.165) is 25.9 Å². The van der Waals surface area contributed by atoms with Crippen LogP contribution >= 0.6 is 0 Å². The average Bonchev–Trinajstić information content (AvgIpc) is 2.65. The number of nitrogens with two attached hydrogens (primary N) is 1. The van der Waals surface area contributed by atoms with Gasteiger partial charge in [0.2, 0.25) is 0 Å². The number of hydrogen-bond donors (Lipinski definition) is 2. The predicted molar refractivity (Wildman–Crippen MR) is 55.0 cm³/mol. The van der Waals surface area contributed by atoms with E-state index in [9.17, 15) is 4.79 Å². The molecule has 0 aromatic carbocycles. The van der Waals surface area contributed by atoms with Crippen molar-refractivity contribution in [2.24, 2.45) is 0 Å². The first-order valence-corrected chi connectivity index (χ1v) is 5.01. The summed E-state index contributed by atoms with van der Waals surface area (Å²) >= 11 is 0. The number of piperidine rings is 1. The van der Waals surface area contributed by atoms with Crippen molar-refractivity contribution in [3.8, 4) is 0 Å². The van der Waals surface area contributed by atoms with E-state index < -0.39 is 0 Å². The number of carbonyl (C=O) groups excluding carboxylic acids is 1. The van der Waals surface area contributed by atoms with Gasteiger partial charge in [-0.3, -0.25) is 4.79 Å². The molecule has 0 atom stereocenters. The molecule has 0 bridgehead atoms. The molecule has 4 nitrogen and oxygen atoms in total. The van der Waals surface area contributed by atoms with Crippen molar-refractivity contribution in [1.29, 1.82) is 0 Å². The lowest BCUT2D eigenvalue weighted by Gasteiger charge is -2.26. The van der Waals surface area contributed by atoms with Crippen LogP contribution in [0.15, 0.2) is 12.3 Å². The molecule has 0 radical (unpaired) electrons. The molecule has 1 aromatic heterocycles. The Morgan fingerprint density at radius 1 is 1.36 bits per heavy atom. The topological polar surface area (TPSA) is 62.1 Å². The molecule has 4 heteroatoms. The number of amides is 1. The highest BCUT2D eigenvalue weighted by atomic mass is 16.2. The van der Waals surface area contributed by atoms with E-state index in [-0.39, 0.29) is 5.91 Å². The van der Waals surface area contributed by atoms with Crippen LogP contribution in [0.2, 0.25) is 0 Å². The average molecular weight is 193 g/mol. The maximum Gasteiger partial charge on any atom is 0.257 e. The second kappa shape index (κ2) is 3.74. The number of carbonyl (C=O) groups is 1. The van der Waals surface area contributed by atoms with Crippen molar-refractivity contribution in [2.45, 2.75) is 19.3 Å². The van der Waals surface area contributed by atoms with E-state index in [4.69, 9.17) is 5.73 Å². The number of nitrogen functional groups attached to an aromatic ring is 1. The van der Waals surface area contributed by atoms with Crippen molar-refractivity contribution in [3.05, 3.63) is 17.8 Å². The molecule has 1 aliphatic rings. The number of aromatic amines is 1. The van der Waals surface area contributed by atoms with Crippen LogP contribution in [-0.4, -0.2) is 28.9 Å². The lowest BCUT2D eigenvalue weighted by Crippen LogP contribution is -2.35. The Morgan fingerprint density at radius 3 is 2.64 bits per heavy atom. The van der Waals surface area contributed by atoms with Gasteiger partial charge < -0.3 is 15.6 Å². The summed E-state index contributed by atoms with van der Waals surface area (Å²) in [6, 6.07) is 1.74. The molecule has 0 unspecified atom stereocenters. The van der Waals surface area contributed by atoms with Crippen molar-refractivity contribution in [3.63, 3.8) is 0 Å². The Labute approximate surface area is 83.1 Å². The molecule has 1 aliphatic heterocycles. The van der Waals surface area contributed by atoms with Crippen molar-refractivity contribution < 1.29 is 4.79 Å². The van der Waals surface area contributed by atoms with Gasteiger partial charge in [-0.1, -0.05) is 0 Å². The number of hydrogen-bond acceptors (Lipinski definition) is 2. The van der Waals surface area contributed by atoms with E-state index in [2.05, 4.69) is 4.98 Å². The Morgan fingerprint density at radius 2 is 2.07 bits per heavy atom. The Bertz CT molecular complexity index is 326. The van der Waals surface area contributed by atoms with E-state index in [0.29, 0.717) is 11.4 Å². The summed E-state index contributed by atoms with van der Waals surface area (Å²) in [7, 11) is 0. The van der Waals surface area contributed by atoms with Crippen molar-refractivity contribution in [2.75, 3.05) is 18.8 Å². The first-order chi connectivity index (χ1) is 6.79. The third kappa shape index (κ3) is 1.60. The quantitative estimate of drug-likeness (QED) is 0.704. The third-order valence-electron chi connectivity index (χ3n) is 2.65. The number of nitrogens with one attached hydrogen (secondary N) is 1. The highest BCUT2D eigenvalue weighted by Crippen LogP contribution is 2.16. The monoisotopic (exact) mass is 193 g/mol. The summed E-state index contributed by atoms with van der Waals surface area (Å²) in [5.41, 5.74) is 6.25. The summed E-state index contributed by atoms with van der Waals surface area (Å²) in [6.07, 6.45) is 5.14. The Kier molecular flexibility index (Phi) is 2.43. The minimum Gasteiger partial charge on any atom is -0.385 e. The van der Waals surface area contributed by atoms with Gasteiger partial charge in [0.1, 0.15) is 5.82 Å². The summed E-state index contributed by atoms with van der Waals surface area (Å²) in [5, 5.41) is 0. The molecule has 0 saturated carbocycles. The van der Waals surface area contributed by atoms with Gasteiger partial charge in [-0.05, 0) is 25.3 Å². The Balaban J connectivity index is 2.11. The molecule has 1 amide bonds. The van der Waals surface area contributed by atoms with Crippen molar-refractivity contribution in [1.82, 2.24) is 9.88 Å². The smallest absolute Gasteiger partial charge is 0.257 e. The highest BCUT2D eigenvalue weighted by Gasteiger charge is 2.20. The van der Waals surface area contributed by atoms with Gasteiger partial charge in [0, 0.05) is 19.3 Å². The normalized spacial score (nSPS) is 17.0. The molecule has 76 valence electrons. The summed E-state index contributed by atoms with van der Waals surface area (Å²) in [5.74, 6) is 0.532. The van der Waals surface area contributed by atoms with Crippen LogP contribution in [0.1, 0.15) is 29.6 Å². The number of anilines is 1. The van der Waals surface area contributed by atoms with E-state index >= 15 is 0 Å². The van der Waals surface area contributed by atoms with Gasteiger partial charge in [-0.15, -0.1) is 0 Å². The first-order valence-electron chi connectivity index (χ1n) is 5.01. The molecular formula is C10H15N3O. The fourth-order valence-corrected chi connectivity index (χ4v) is 1.84. The SMILES string of the molecule is Nc1[nH]ccc1C(=O)N1CCCCC1. The molecule has 3 N–H and O–H groups in total. The lowest BCUT2D eigenvalue weighted by molar-refractivity contribution is 0.0725. The third-order valence-corrected chi connectivity index (χ3v) is 2.65. The largest absolute Gasteiger partial charge is 0.385 e. The second-order valence-electron chi connectivity index (χ2n) is 3.66. The summed E-state index contributed by atoms with van der Waals surface area (Å²) < 4.78 is 0. The molecule has 2 rings (SSSR count). The number of likely N-dealkylation sites (tertiary alicyclic amines) is 1. The number of rotatable bonds is 1. The van der Waals surface area contributed by atoms with Crippen LogP contribution in [0.4, 0.5) is 5.82 Å². The van der Waals surface area contributed by atoms with E-state index in [1.54, 1.807) is 12.3 Å². The minimum absolute atomic E-state index is 0.0588.